The molecule has 0 saturated heterocycles. The molecule has 0 fully saturated rings. The van der Waals surface area contributed by atoms with E-state index in [1.165, 1.54) is 18.4 Å². The summed E-state index contributed by atoms with van der Waals surface area (Å²) in [5.41, 5.74) is 3.34. The first-order valence-corrected chi connectivity index (χ1v) is 9.52. The number of hydrogen-bond acceptors (Lipinski definition) is 2. The number of imidazole rings is 1. The third-order valence-electron chi connectivity index (χ3n) is 4.65. The summed E-state index contributed by atoms with van der Waals surface area (Å²) in [5, 5.41) is 3.04. The number of para-hydroxylation sites is 2. The van der Waals surface area contributed by atoms with Gasteiger partial charge in [0.1, 0.15) is 5.82 Å². The molecule has 1 amide bonds. The molecule has 2 aromatic carbocycles. The first-order valence-electron chi connectivity index (χ1n) is 9.52. The van der Waals surface area contributed by atoms with E-state index in [1.54, 1.807) is 0 Å². The van der Waals surface area contributed by atoms with Gasteiger partial charge in [-0.05, 0) is 30.5 Å². The van der Waals surface area contributed by atoms with E-state index in [9.17, 15) is 4.79 Å². The Labute approximate surface area is 155 Å². The van der Waals surface area contributed by atoms with E-state index >= 15 is 0 Å². The molecule has 0 radical (unpaired) electrons. The normalized spacial score (nSPS) is 11.0. The van der Waals surface area contributed by atoms with Crippen LogP contribution in [0.4, 0.5) is 0 Å². The number of carbonyl (C=O) groups excluding carboxylic acids is 1. The monoisotopic (exact) mass is 349 g/mol. The van der Waals surface area contributed by atoms with Gasteiger partial charge in [0.15, 0.2) is 0 Å². The number of hydrogen-bond donors (Lipinski definition) is 1. The first-order chi connectivity index (χ1) is 12.8. The van der Waals surface area contributed by atoms with Crippen LogP contribution in [-0.2, 0) is 24.3 Å². The Bertz CT molecular complexity index is 839. The minimum atomic E-state index is 0.0704. The number of amides is 1. The smallest absolute Gasteiger partial charge is 0.220 e. The van der Waals surface area contributed by atoms with Crippen molar-refractivity contribution in [2.75, 3.05) is 0 Å². The van der Waals surface area contributed by atoms with Crippen LogP contribution in [0.3, 0.4) is 0 Å². The highest BCUT2D eigenvalue weighted by Gasteiger charge is 2.11. The molecule has 136 valence electrons. The second kappa shape index (κ2) is 9.18. The minimum absolute atomic E-state index is 0.0704. The molecule has 0 bridgehead atoms. The van der Waals surface area contributed by atoms with Gasteiger partial charge in [-0.1, -0.05) is 62.2 Å². The van der Waals surface area contributed by atoms with Crippen molar-refractivity contribution in [3.63, 3.8) is 0 Å². The van der Waals surface area contributed by atoms with Crippen molar-refractivity contribution in [2.45, 2.75) is 52.1 Å². The molecule has 1 aromatic heterocycles. The zero-order valence-electron chi connectivity index (χ0n) is 15.4. The summed E-state index contributed by atoms with van der Waals surface area (Å²) in [6.45, 7) is 3.64. The van der Waals surface area contributed by atoms with Crippen molar-refractivity contribution in [2.24, 2.45) is 0 Å². The molecular formula is C22H27N3O. The van der Waals surface area contributed by atoms with Gasteiger partial charge in [0.25, 0.3) is 0 Å². The van der Waals surface area contributed by atoms with Crippen LogP contribution in [0.5, 0.6) is 0 Å². The highest BCUT2D eigenvalue weighted by atomic mass is 16.1. The fraction of sp³-hybridized carbons (Fsp3) is 0.364. The molecule has 1 N–H and O–H groups in total. The average molecular weight is 349 g/mol. The van der Waals surface area contributed by atoms with E-state index < -0.39 is 0 Å². The molecule has 4 heteroatoms. The number of rotatable bonds is 9. The summed E-state index contributed by atoms with van der Waals surface area (Å²) >= 11 is 0. The van der Waals surface area contributed by atoms with E-state index in [-0.39, 0.29) is 5.91 Å². The predicted octanol–water partition coefficient (Wildman–Crippen LogP) is 4.48. The quantitative estimate of drug-likeness (QED) is 0.579. The molecule has 0 saturated carbocycles. The molecular weight excluding hydrogens is 322 g/mol. The fourth-order valence-corrected chi connectivity index (χ4v) is 3.20. The molecule has 0 unspecified atom stereocenters. The zero-order valence-corrected chi connectivity index (χ0v) is 15.4. The molecule has 26 heavy (non-hydrogen) atoms. The summed E-state index contributed by atoms with van der Waals surface area (Å²) in [6.07, 6.45) is 4.79. The van der Waals surface area contributed by atoms with Crippen LogP contribution in [0.1, 0.15) is 44.0 Å². The van der Waals surface area contributed by atoms with Gasteiger partial charge in [-0.2, -0.15) is 0 Å². The van der Waals surface area contributed by atoms with Gasteiger partial charge in [-0.3, -0.25) is 4.79 Å². The summed E-state index contributed by atoms with van der Waals surface area (Å²) < 4.78 is 2.25. The van der Waals surface area contributed by atoms with E-state index in [4.69, 9.17) is 4.98 Å². The standard InChI is InChI=1S/C22H27N3O/c1-2-3-9-16-25-20-13-8-7-12-19(20)24-21(25)17-23-22(26)15-14-18-10-5-4-6-11-18/h4-8,10-13H,2-3,9,14-17H2,1H3,(H,23,26). The van der Waals surface area contributed by atoms with Crippen LogP contribution >= 0.6 is 0 Å². The molecule has 3 aromatic rings. The van der Waals surface area contributed by atoms with Crippen LogP contribution < -0.4 is 5.32 Å². The van der Waals surface area contributed by atoms with Gasteiger partial charge in [0, 0.05) is 13.0 Å². The predicted molar refractivity (Wildman–Crippen MR) is 106 cm³/mol. The summed E-state index contributed by atoms with van der Waals surface area (Å²) in [7, 11) is 0. The minimum Gasteiger partial charge on any atom is -0.349 e. The van der Waals surface area contributed by atoms with Crippen LogP contribution in [0.2, 0.25) is 0 Å². The van der Waals surface area contributed by atoms with Crippen molar-refractivity contribution in [3.05, 3.63) is 66.0 Å². The lowest BCUT2D eigenvalue weighted by Crippen LogP contribution is -2.25. The van der Waals surface area contributed by atoms with Crippen molar-refractivity contribution >= 4 is 16.9 Å². The van der Waals surface area contributed by atoms with Crippen molar-refractivity contribution in [1.82, 2.24) is 14.9 Å². The molecule has 0 atom stereocenters. The lowest BCUT2D eigenvalue weighted by Gasteiger charge is -2.10. The zero-order chi connectivity index (χ0) is 18.2. The topological polar surface area (TPSA) is 46.9 Å². The van der Waals surface area contributed by atoms with E-state index in [2.05, 4.69) is 35.0 Å². The molecule has 0 spiro atoms. The maximum atomic E-state index is 12.2. The van der Waals surface area contributed by atoms with E-state index in [1.807, 2.05) is 36.4 Å². The number of carbonyl (C=O) groups is 1. The SMILES string of the molecule is CCCCCn1c(CNC(=O)CCc2ccccc2)nc2ccccc21. The Kier molecular flexibility index (Phi) is 6.42. The van der Waals surface area contributed by atoms with Crippen molar-refractivity contribution in [1.29, 1.82) is 0 Å². The maximum Gasteiger partial charge on any atom is 0.220 e. The Balaban J connectivity index is 1.62. The molecule has 0 aliphatic carbocycles. The van der Waals surface area contributed by atoms with Gasteiger partial charge < -0.3 is 9.88 Å². The van der Waals surface area contributed by atoms with E-state index in [0.717, 1.165) is 36.2 Å². The average Bonchev–Trinajstić information content (AvgIpc) is 3.03. The molecule has 3 rings (SSSR count). The van der Waals surface area contributed by atoms with Crippen LogP contribution in [0.15, 0.2) is 54.6 Å². The number of benzene rings is 2. The number of nitrogens with zero attached hydrogens (tertiary/aromatic N) is 2. The lowest BCUT2D eigenvalue weighted by atomic mass is 10.1. The van der Waals surface area contributed by atoms with Crippen molar-refractivity contribution < 1.29 is 4.79 Å². The second-order valence-corrected chi connectivity index (χ2v) is 6.64. The Morgan fingerprint density at radius 3 is 2.62 bits per heavy atom. The van der Waals surface area contributed by atoms with Crippen molar-refractivity contribution in [3.8, 4) is 0 Å². The summed E-state index contributed by atoms with van der Waals surface area (Å²) in [6, 6.07) is 18.3. The first kappa shape index (κ1) is 18.2. The highest BCUT2D eigenvalue weighted by molar-refractivity contribution is 5.77. The maximum absolute atomic E-state index is 12.2. The van der Waals surface area contributed by atoms with Crippen LogP contribution in [0, 0.1) is 0 Å². The third kappa shape index (κ3) is 4.72. The van der Waals surface area contributed by atoms with Crippen LogP contribution in [-0.4, -0.2) is 15.5 Å². The molecule has 0 aliphatic rings. The summed E-state index contributed by atoms with van der Waals surface area (Å²) in [5.74, 6) is 1.01. The van der Waals surface area contributed by atoms with Gasteiger partial charge in [-0.15, -0.1) is 0 Å². The fourth-order valence-electron chi connectivity index (χ4n) is 3.20. The molecule has 1 heterocycles. The van der Waals surface area contributed by atoms with Gasteiger partial charge in [0.05, 0.1) is 17.6 Å². The number of unbranched alkanes of at least 4 members (excludes halogenated alkanes) is 2. The number of aryl methyl sites for hydroxylation is 2. The third-order valence-corrected chi connectivity index (χ3v) is 4.65. The van der Waals surface area contributed by atoms with Gasteiger partial charge in [-0.25, -0.2) is 4.98 Å². The number of fused-ring (bicyclic) bond motifs is 1. The number of nitrogens with one attached hydrogen (secondary N) is 1. The lowest BCUT2D eigenvalue weighted by molar-refractivity contribution is -0.121. The highest BCUT2D eigenvalue weighted by Crippen LogP contribution is 2.17. The Morgan fingerprint density at radius 2 is 1.81 bits per heavy atom. The second-order valence-electron chi connectivity index (χ2n) is 6.64. The Hall–Kier alpha value is -2.62. The summed E-state index contributed by atoms with van der Waals surface area (Å²) in [4.78, 5) is 17.0. The number of aromatic nitrogens is 2. The largest absolute Gasteiger partial charge is 0.349 e. The molecule has 4 nitrogen and oxygen atoms in total. The van der Waals surface area contributed by atoms with Crippen LogP contribution in [0.25, 0.3) is 11.0 Å². The Morgan fingerprint density at radius 1 is 1.04 bits per heavy atom. The van der Waals surface area contributed by atoms with E-state index in [0.29, 0.717) is 13.0 Å². The molecule has 0 aliphatic heterocycles. The van der Waals surface area contributed by atoms with Gasteiger partial charge in [0.2, 0.25) is 5.91 Å². The van der Waals surface area contributed by atoms with Gasteiger partial charge >= 0.3 is 0 Å².